The lowest BCUT2D eigenvalue weighted by atomic mass is 10.2. The van der Waals surface area contributed by atoms with Gasteiger partial charge in [-0.25, -0.2) is 9.67 Å². The molecular weight excluding hydrogens is 212 g/mol. The maximum atomic E-state index is 4.61. The Hall–Kier alpha value is -0.900. The molecule has 1 unspecified atom stereocenters. The predicted molar refractivity (Wildman–Crippen MR) is 71.3 cm³/mol. The van der Waals surface area contributed by atoms with E-state index >= 15 is 0 Å². The van der Waals surface area contributed by atoms with Gasteiger partial charge < -0.3 is 5.32 Å². The Morgan fingerprint density at radius 3 is 2.47 bits per heavy atom. The largest absolute Gasteiger partial charge is 0.315 e. The molecule has 0 radical (unpaired) electrons. The summed E-state index contributed by atoms with van der Waals surface area (Å²) in [5.74, 6) is 2.09. The van der Waals surface area contributed by atoms with Crippen LogP contribution < -0.4 is 5.32 Å². The average Bonchev–Trinajstić information content (AvgIpc) is 2.78. The molecule has 1 atom stereocenters. The van der Waals surface area contributed by atoms with Crippen molar-refractivity contribution in [1.82, 2.24) is 20.1 Å². The van der Waals surface area contributed by atoms with Gasteiger partial charge in [-0.2, -0.15) is 5.10 Å². The number of rotatable bonds is 8. The number of nitrogens with zero attached hydrogens (tertiary/aromatic N) is 3. The van der Waals surface area contributed by atoms with Crippen LogP contribution in [0.25, 0.3) is 0 Å². The van der Waals surface area contributed by atoms with Crippen molar-refractivity contribution in [2.24, 2.45) is 0 Å². The molecule has 0 amide bonds. The number of nitrogens with one attached hydrogen (secondary N) is 1. The molecule has 1 aromatic heterocycles. The Morgan fingerprint density at radius 2 is 1.94 bits per heavy atom. The molecule has 0 aliphatic heterocycles. The third-order valence-corrected chi connectivity index (χ3v) is 3.00. The van der Waals surface area contributed by atoms with Crippen molar-refractivity contribution in [3.8, 4) is 0 Å². The molecule has 0 saturated carbocycles. The second-order valence-electron chi connectivity index (χ2n) is 4.36. The molecule has 1 aromatic rings. The van der Waals surface area contributed by atoms with Crippen LogP contribution in [0.15, 0.2) is 0 Å². The third kappa shape index (κ3) is 3.80. The number of aryl methyl sites for hydroxylation is 2. The van der Waals surface area contributed by atoms with Gasteiger partial charge in [-0.05, 0) is 19.4 Å². The first-order chi connectivity index (χ1) is 8.26. The van der Waals surface area contributed by atoms with Crippen LogP contribution in [0.4, 0.5) is 0 Å². The first-order valence-electron chi connectivity index (χ1n) is 6.91. The Balaban J connectivity index is 2.75. The first-order valence-corrected chi connectivity index (χ1v) is 6.91. The Bertz CT molecular complexity index is 319. The van der Waals surface area contributed by atoms with Crippen LogP contribution in [0.1, 0.15) is 58.2 Å². The predicted octanol–water partition coefficient (Wildman–Crippen LogP) is 2.35. The average molecular weight is 238 g/mol. The van der Waals surface area contributed by atoms with E-state index in [1.165, 1.54) is 6.42 Å². The molecule has 1 heterocycles. The van der Waals surface area contributed by atoms with E-state index in [-0.39, 0.29) is 0 Å². The molecule has 0 spiro atoms. The summed E-state index contributed by atoms with van der Waals surface area (Å²) in [5, 5.41) is 8.09. The maximum absolute atomic E-state index is 4.61. The minimum atomic E-state index is 0.435. The van der Waals surface area contributed by atoms with Crippen molar-refractivity contribution in [1.29, 1.82) is 0 Å². The van der Waals surface area contributed by atoms with Crippen LogP contribution in [-0.2, 0) is 12.8 Å². The van der Waals surface area contributed by atoms with E-state index in [0.717, 1.165) is 44.0 Å². The molecule has 1 rings (SSSR count). The number of hydrogen-bond donors (Lipinski definition) is 1. The van der Waals surface area contributed by atoms with Gasteiger partial charge in [-0.3, -0.25) is 0 Å². The molecule has 98 valence electrons. The SMILES string of the molecule is CCCNCC(CC)n1nc(CC)nc1CC. The summed E-state index contributed by atoms with van der Waals surface area (Å²) >= 11 is 0. The Labute approximate surface area is 105 Å². The fourth-order valence-electron chi connectivity index (χ4n) is 1.94. The van der Waals surface area contributed by atoms with Crippen molar-refractivity contribution in [2.75, 3.05) is 13.1 Å². The molecule has 0 saturated heterocycles. The summed E-state index contributed by atoms with van der Waals surface area (Å²) in [6.07, 6.45) is 4.14. The zero-order valence-electron chi connectivity index (χ0n) is 11.7. The molecular formula is C13H26N4. The zero-order chi connectivity index (χ0) is 12.7. The number of aromatic nitrogens is 3. The van der Waals surface area contributed by atoms with Gasteiger partial charge in [-0.1, -0.05) is 27.7 Å². The topological polar surface area (TPSA) is 42.7 Å². The first kappa shape index (κ1) is 14.2. The smallest absolute Gasteiger partial charge is 0.150 e. The second kappa shape index (κ2) is 7.43. The van der Waals surface area contributed by atoms with Gasteiger partial charge in [-0.15, -0.1) is 0 Å². The van der Waals surface area contributed by atoms with Crippen LogP contribution in [-0.4, -0.2) is 27.9 Å². The summed E-state index contributed by atoms with van der Waals surface area (Å²) in [7, 11) is 0. The van der Waals surface area contributed by atoms with E-state index in [1.54, 1.807) is 0 Å². The highest BCUT2D eigenvalue weighted by Gasteiger charge is 2.15. The summed E-state index contributed by atoms with van der Waals surface area (Å²) < 4.78 is 2.13. The Kier molecular flexibility index (Phi) is 6.19. The van der Waals surface area contributed by atoms with Gasteiger partial charge >= 0.3 is 0 Å². The van der Waals surface area contributed by atoms with Crippen LogP contribution in [0.3, 0.4) is 0 Å². The van der Waals surface area contributed by atoms with Gasteiger partial charge in [0.15, 0.2) is 5.82 Å². The molecule has 4 nitrogen and oxygen atoms in total. The number of hydrogen-bond acceptors (Lipinski definition) is 3. The molecule has 1 N–H and O–H groups in total. The Morgan fingerprint density at radius 1 is 1.18 bits per heavy atom. The molecule has 4 heteroatoms. The van der Waals surface area contributed by atoms with Crippen molar-refractivity contribution in [3.05, 3.63) is 11.6 Å². The van der Waals surface area contributed by atoms with E-state index in [4.69, 9.17) is 0 Å². The van der Waals surface area contributed by atoms with Gasteiger partial charge in [0.1, 0.15) is 5.82 Å². The molecule has 17 heavy (non-hydrogen) atoms. The minimum absolute atomic E-state index is 0.435. The third-order valence-electron chi connectivity index (χ3n) is 3.00. The van der Waals surface area contributed by atoms with Crippen LogP contribution in [0, 0.1) is 0 Å². The molecule has 0 aromatic carbocycles. The highest BCUT2D eigenvalue weighted by Crippen LogP contribution is 2.13. The maximum Gasteiger partial charge on any atom is 0.150 e. The lowest BCUT2D eigenvalue weighted by molar-refractivity contribution is 0.398. The standard InChI is InChI=1S/C13H26N4/c1-5-9-14-10-11(6-2)17-13(8-4)15-12(7-3)16-17/h11,14H,5-10H2,1-4H3. The van der Waals surface area contributed by atoms with E-state index in [0.29, 0.717) is 6.04 Å². The summed E-state index contributed by atoms with van der Waals surface area (Å²) in [5.41, 5.74) is 0. The molecule has 0 aliphatic rings. The van der Waals surface area contributed by atoms with Gasteiger partial charge in [0.05, 0.1) is 6.04 Å². The lowest BCUT2D eigenvalue weighted by Crippen LogP contribution is -2.27. The molecule has 0 fully saturated rings. The lowest BCUT2D eigenvalue weighted by Gasteiger charge is -2.17. The normalized spacial score (nSPS) is 12.9. The van der Waals surface area contributed by atoms with Gasteiger partial charge in [0, 0.05) is 19.4 Å². The van der Waals surface area contributed by atoms with E-state index in [9.17, 15) is 0 Å². The van der Waals surface area contributed by atoms with Crippen molar-refractivity contribution in [2.45, 2.75) is 59.4 Å². The monoisotopic (exact) mass is 238 g/mol. The zero-order valence-corrected chi connectivity index (χ0v) is 11.7. The minimum Gasteiger partial charge on any atom is -0.315 e. The van der Waals surface area contributed by atoms with Gasteiger partial charge in [0.25, 0.3) is 0 Å². The van der Waals surface area contributed by atoms with Crippen LogP contribution in [0.2, 0.25) is 0 Å². The van der Waals surface area contributed by atoms with Gasteiger partial charge in [0.2, 0.25) is 0 Å². The second-order valence-corrected chi connectivity index (χ2v) is 4.36. The highest BCUT2D eigenvalue weighted by molar-refractivity contribution is 4.95. The van der Waals surface area contributed by atoms with Crippen molar-refractivity contribution in [3.63, 3.8) is 0 Å². The quantitative estimate of drug-likeness (QED) is 0.707. The van der Waals surface area contributed by atoms with E-state index in [2.05, 4.69) is 47.8 Å². The van der Waals surface area contributed by atoms with Crippen LogP contribution in [0.5, 0.6) is 0 Å². The van der Waals surface area contributed by atoms with Crippen LogP contribution >= 0.6 is 0 Å². The highest BCUT2D eigenvalue weighted by atomic mass is 15.4. The van der Waals surface area contributed by atoms with Crippen molar-refractivity contribution >= 4 is 0 Å². The summed E-state index contributed by atoms with van der Waals surface area (Å²) in [6.45, 7) is 10.7. The fourth-order valence-corrected chi connectivity index (χ4v) is 1.94. The summed E-state index contributed by atoms with van der Waals surface area (Å²) in [4.78, 5) is 4.57. The van der Waals surface area contributed by atoms with E-state index in [1.807, 2.05) is 0 Å². The summed E-state index contributed by atoms with van der Waals surface area (Å²) in [6, 6.07) is 0.435. The fraction of sp³-hybridized carbons (Fsp3) is 0.846. The van der Waals surface area contributed by atoms with E-state index < -0.39 is 0 Å². The van der Waals surface area contributed by atoms with Crippen molar-refractivity contribution < 1.29 is 0 Å². The molecule has 0 aliphatic carbocycles. The molecule has 0 bridgehead atoms.